The molecule has 0 aliphatic carbocycles. The van der Waals surface area contributed by atoms with Crippen LogP contribution in [0.5, 0.6) is 0 Å². The minimum Gasteiger partial charge on any atom is -0.480 e. The van der Waals surface area contributed by atoms with E-state index >= 15 is 0 Å². The van der Waals surface area contributed by atoms with E-state index in [1.54, 1.807) is 37.4 Å². The molecule has 0 unspecified atom stereocenters. The number of carbonyl (C=O) groups excluding carboxylic acids is 1. The maximum absolute atomic E-state index is 13.4. The lowest BCUT2D eigenvalue weighted by Gasteiger charge is -2.17. The number of carboxylic acids is 1. The van der Waals surface area contributed by atoms with Gasteiger partial charge in [0.1, 0.15) is 6.04 Å². The second kappa shape index (κ2) is 10.2. The van der Waals surface area contributed by atoms with Gasteiger partial charge in [-0.2, -0.15) is 0 Å². The number of carbonyl (C=O) groups is 2. The molecule has 1 amide bonds. The monoisotopic (exact) mass is 566 g/mol. The molecule has 200 valence electrons. The van der Waals surface area contributed by atoms with E-state index in [0.717, 1.165) is 28.8 Å². The molecule has 3 aromatic carbocycles. The zero-order valence-corrected chi connectivity index (χ0v) is 22.6. The normalized spacial score (nSPS) is 13.4. The number of amides is 1. The zero-order chi connectivity index (χ0) is 28.0. The molecule has 0 spiro atoms. The van der Waals surface area contributed by atoms with Crippen molar-refractivity contribution in [1.29, 1.82) is 0 Å². The van der Waals surface area contributed by atoms with Crippen molar-refractivity contribution in [2.45, 2.75) is 18.9 Å². The summed E-state index contributed by atoms with van der Waals surface area (Å²) < 4.78 is 2.56. The lowest BCUT2D eigenvalue weighted by molar-refractivity contribution is -0.139. The summed E-state index contributed by atoms with van der Waals surface area (Å²) in [6.45, 7) is 0.846. The SMILES string of the molecule is CN1CCc2cc3c(=O)n(-c4ccc(C[C@H](NC(=O)c5c(Cl)cccc5Cl)C(=O)O)cc4)c(=O)n(C)c3cc21. The summed E-state index contributed by atoms with van der Waals surface area (Å²) in [5, 5.41) is 12.8. The molecule has 0 radical (unpaired) electrons. The Kier molecular flexibility index (Phi) is 6.96. The fraction of sp³-hybridized carbons (Fsp3) is 0.214. The van der Waals surface area contributed by atoms with Gasteiger partial charge in [-0.1, -0.05) is 41.4 Å². The number of benzene rings is 3. The maximum atomic E-state index is 13.4. The molecular weight excluding hydrogens is 543 g/mol. The first-order chi connectivity index (χ1) is 18.6. The third kappa shape index (κ3) is 4.79. The van der Waals surface area contributed by atoms with E-state index in [2.05, 4.69) is 10.2 Å². The van der Waals surface area contributed by atoms with E-state index in [-0.39, 0.29) is 22.0 Å². The number of nitrogens with zero attached hydrogens (tertiary/aromatic N) is 3. The highest BCUT2D eigenvalue weighted by atomic mass is 35.5. The highest BCUT2D eigenvalue weighted by Gasteiger charge is 2.24. The number of anilines is 1. The van der Waals surface area contributed by atoms with Crippen molar-refractivity contribution in [2.75, 3.05) is 18.5 Å². The highest BCUT2D eigenvalue weighted by Crippen LogP contribution is 2.30. The summed E-state index contributed by atoms with van der Waals surface area (Å²) in [7, 11) is 3.60. The third-order valence-electron chi connectivity index (χ3n) is 7.03. The second-order valence-corrected chi connectivity index (χ2v) is 10.3. The van der Waals surface area contributed by atoms with Crippen LogP contribution in [0.4, 0.5) is 5.69 Å². The number of aromatic nitrogens is 2. The Morgan fingerprint density at radius 1 is 1.03 bits per heavy atom. The molecule has 1 aromatic heterocycles. The number of nitrogens with one attached hydrogen (secondary N) is 1. The van der Waals surface area contributed by atoms with Crippen LogP contribution in [-0.2, 0) is 24.7 Å². The van der Waals surface area contributed by atoms with Crippen molar-refractivity contribution < 1.29 is 14.7 Å². The third-order valence-corrected chi connectivity index (χ3v) is 7.66. The van der Waals surface area contributed by atoms with Crippen LogP contribution in [0, 0.1) is 0 Å². The van der Waals surface area contributed by atoms with Crippen LogP contribution >= 0.6 is 23.2 Å². The molecule has 1 aliphatic rings. The van der Waals surface area contributed by atoms with Gasteiger partial charge in [0.05, 0.1) is 32.2 Å². The number of hydrogen-bond donors (Lipinski definition) is 2. The van der Waals surface area contributed by atoms with Gasteiger partial charge in [0.15, 0.2) is 0 Å². The van der Waals surface area contributed by atoms with E-state index in [0.29, 0.717) is 22.2 Å². The number of hydrogen-bond acceptors (Lipinski definition) is 5. The number of fused-ring (bicyclic) bond motifs is 2. The van der Waals surface area contributed by atoms with E-state index < -0.39 is 29.2 Å². The lowest BCUT2D eigenvalue weighted by Crippen LogP contribution is -2.42. The van der Waals surface area contributed by atoms with Gasteiger partial charge >= 0.3 is 11.7 Å². The Morgan fingerprint density at radius 2 is 1.69 bits per heavy atom. The van der Waals surface area contributed by atoms with Crippen LogP contribution in [0.2, 0.25) is 10.0 Å². The molecule has 0 fully saturated rings. The number of halogens is 2. The quantitative estimate of drug-likeness (QED) is 0.369. The predicted octanol–water partition coefficient (Wildman–Crippen LogP) is 3.41. The molecule has 4 aromatic rings. The summed E-state index contributed by atoms with van der Waals surface area (Å²) in [5.41, 5.74) is 2.62. The number of carboxylic acid groups (broad SMARTS) is 1. The molecule has 0 saturated heterocycles. The fourth-order valence-electron chi connectivity index (χ4n) is 4.89. The first-order valence-corrected chi connectivity index (χ1v) is 12.9. The minimum atomic E-state index is -1.27. The summed E-state index contributed by atoms with van der Waals surface area (Å²) in [5.74, 6) is -1.95. The average molecular weight is 567 g/mol. The number of likely N-dealkylation sites (N-methyl/N-ethyl adjacent to an activating group) is 1. The molecule has 2 heterocycles. The van der Waals surface area contributed by atoms with Gasteiger partial charge in [0.25, 0.3) is 11.5 Å². The van der Waals surface area contributed by atoms with E-state index in [9.17, 15) is 24.3 Å². The van der Waals surface area contributed by atoms with Gasteiger partial charge in [0, 0.05) is 32.7 Å². The van der Waals surface area contributed by atoms with Crippen LogP contribution in [0.25, 0.3) is 16.6 Å². The van der Waals surface area contributed by atoms with E-state index in [1.165, 1.54) is 16.7 Å². The van der Waals surface area contributed by atoms with Gasteiger partial charge < -0.3 is 15.3 Å². The number of rotatable bonds is 6. The average Bonchev–Trinajstić information content (AvgIpc) is 3.26. The predicted molar refractivity (Wildman–Crippen MR) is 151 cm³/mol. The fourth-order valence-corrected chi connectivity index (χ4v) is 5.45. The van der Waals surface area contributed by atoms with E-state index in [1.807, 2.05) is 19.2 Å². The second-order valence-electron chi connectivity index (χ2n) is 9.48. The van der Waals surface area contributed by atoms with Crippen molar-refractivity contribution in [2.24, 2.45) is 7.05 Å². The summed E-state index contributed by atoms with van der Waals surface area (Å²) >= 11 is 12.2. The van der Waals surface area contributed by atoms with Crippen molar-refractivity contribution in [3.05, 3.63) is 102 Å². The largest absolute Gasteiger partial charge is 0.480 e. The van der Waals surface area contributed by atoms with Crippen LogP contribution in [-0.4, -0.2) is 45.8 Å². The van der Waals surface area contributed by atoms with E-state index in [4.69, 9.17) is 23.2 Å². The van der Waals surface area contributed by atoms with Gasteiger partial charge in [-0.3, -0.25) is 14.2 Å². The maximum Gasteiger partial charge on any atom is 0.335 e. The topological polar surface area (TPSA) is 114 Å². The molecule has 1 atom stereocenters. The molecule has 2 N–H and O–H groups in total. The molecular formula is C28H24Cl2N4O5. The van der Waals surface area contributed by atoms with Crippen LogP contribution in [0.1, 0.15) is 21.5 Å². The Balaban J connectivity index is 1.44. The first kappa shape index (κ1) is 26.5. The molecule has 0 saturated carbocycles. The van der Waals surface area contributed by atoms with Gasteiger partial charge in [-0.25, -0.2) is 14.2 Å². The number of aliphatic carboxylic acids is 1. The Bertz CT molecular complexity index is 1740. The van der Waals surface area contributed by atoms with Gasteiger partial charge in [0.2, 0.25) is 0 Å². The Hall–Kier alpha value is -4.08. The van der Waals surface area contributed by atoms with Crippen molar-refractivity contribution in [3.8, 4) is 5.69 Å². The molecule has 5 rings (SSSR count). The van der Waals surface area contributed by atoms with Gasteiger partial charge in [-0.15, -0.1) is 0 Å². The zero-order valence-electron chi connectivity index (χ0n) is 21.1. The van der Waals surface area contributed by atoms with Crippen molar-refractivity contribution in [1.82, 2.24) is 14.5 Å². The number of aryl methyl sites for hydroxylation is 1. The molecule has 0 bridgehead atoms. The molecule has 1 aliphatic heterocycles. The Morgan fingerprint density at radius 3 is 2.33 bits per heavy atom. The van der Waals surface area contributed by atoms with Crippen LogP contribution in [0.15, 0.2) is 64.2 Å². The van der Waals surface area contributed by atoms with Crippen LogP contribution < -0.4 is 21.5 Å². The summed E-state index contributed by atoms with van der Waals surface area (Å²) in [4.78, 5) is 53.4. The van der Waals surface area contributed by atoms with Gasteiger partial charge in [-0.05, 0) is 53.9 Å². The first-order valence-electron chi connectivity index (χ1n) is 12.1. The molecule has 9 nitrogen and oxygen atoms in total. The standard InChI is InChI=1S/C28H24Cl2N4O5/c1-32-11-10-16-13-18-23(14-22(16)32)33(2)28(39)34(26(18)36)17-8-6-15(7-9-17)12-21(27(37)38)31-25(35)24-19(29)4-3-5-20(24)30/h3-9,13-14,21H,10-12H2,1-2H3,(H,31,35)(H,37,38)/t21-/m0/s1. The molecule has 11 heteroatoms. The lowest BCUT2D eigenvalue weighted by atomic mass is 10.0. The highest BCUT2D eigenvalue weighted by molar-refractivity contribution is 6.39. The van der Waals surface area contributed by atoms with Crippen molar-refractivity contribution >= 4 is 51.7 Å². The summed E-state index contributed by atoms with van der Waals surface area (Å²) in [6.07, 6.45) is 0.774. The smallest absolute Gasteiger partial charge is 0.335 e. The summed E-state index contributed by atoms with van der Waals surface area (Å²) in [6, 6.07) is 13.4. The van der Waals surface area contributed by atoms with Crippen LogP contribution in [0.3, 0.4) is 0 Å². The Labute approximate surface area is 232 Å². The molecule has 39 heavy (non-hydrogen) atoms. The minimum absolute atomic E-state index is 0.00811. The van der Waals surface area contributed by atoms with Crippen molar-refractivity contribution in [3.63, 3.8) is 0 Å².